The van der Waals surface area contributed by atoms with Crippen LogP contribution in [0.15, 0.2) is 79.1 Å². The summed E-state index contributed by atoms with van der Waals surface area (Å²) in [6, 6.07) is 23.5. The Morgan fingerprint density at radius 3 is 2.32 bits per heavy atom. The molecule has 3 aromatic carbocycles. The van der Waals surface area contributed by atoms with Gasteiger partial charge in [0.15, 0.2) is 0 Å². The van der Waals surface area contributed by atoms with E-state index >= 15 is 0 Å². The van der Waals surface area contributed by atoms with Crippen molar-refractivity contribution in [2.45, 2.75) is 88.8 Å². The van der Waals surface area contributed by atoms with Gasteiger partial charge in [0.2, 0.25) is 35.5 Å². The highest BCUT2D eigenvalue weighted by molar-refractivity contribution is 6.05. The smallest absolute Gasteiger partial charge is 0.255 e. The van der Waals surface area contributed by atoms with Crippen LogP contribution in [0.5, 0.6) is 11.5 Å². The summed E-state index contributed by atoms with van der Waals surface area (Å²) in [6.45, 7) is 8.20. The molecule has 5 aliphatic heterocycles. The maximum atomic E-state index is 13.3. The van der Waals surface area contributed by atoms with E-state index in [0.717, 1.165) is 124 Å². The zero-order chi connectivity index (χ0) is 45.3. The molecule has 1 unspecified atom stereocenters. The number of carbonyl (C=O) groups is 4. The van der Waals surface area contributed by atoms with E-state index in [4.69, 9.17) is 20.6 Å². The lowest BCUT2D eigenvalue weighted by Crippen LogP contribution is -2.52. The van der Waals surface area contributed by atoms with Crippen LogP contribution < -0.4 is 20.4 Å². The Hall–Kier alpha value is -6.19. The number of nitrogens with zero attached hydrogens (tertiary/aromatic N) is 8. The summed E-state index contributed by atoms with van der Waals surface area (Å²) in [5.74, 6) is 2.65. The maximum absolute atomic E-state index is 13.3. The first-order valence-electron chi connectivity index (χ1n) is 24.0. The summed E-state index contributed by atoms with van der Waals surface area (Å²) >= 11 is 0. The zero-order valence-electron chi connectivity index (χ0n) is 37.9. The largest absolute Gasteiger partial charge is 0.457 e. The van der Waals surface area contributed by atoms with Crippen molar-refractivity contribution in [3.8, 4) is 22.8 Å². The topological polar surface area (TPSA) is 163 Å². The minimum absolute atomic E-state index is 0.146. The van der Waals surface area contributed by atoms with Gasteiger partial charge in [-0.05, 0) is 136 Å². The van der Waals surface area contributed by atoms with Gasteiger partial charge in [-0.15, -0.1) is 0 Å². The zero-order valence-corrected chi connectivity index (χ0v) is 37.9. The van der Waals surface area contributed by atoms with E-state index in [1.54, 1.807) is 11.2 Å². The highest BCUT2D eigenvalue weighted by atomic mass is 16.5. The van der Waals surface area contributed by atoms with Gasteiger partial charge in [-0.2, -0.15) is 5.10 Å². The summed E-state index contributed by atoms with van der Waals surface area (Å²) in [4.78, 5) is 64.3. The number of nitrogens with one attached hydrogen (secondary N) is 1. The molecule has 7 heterocycles. The van der Waals surface area contributed by atoms with Crippen LogP contribution in [0.2, 0.25) is 0 Å². The molecule has 66 heavy (non-hydrogen) atoms. The Kier molecular flexibility index (Phi) is 12.6. The molecule has 15 nitrogen and oxygen atoms in total. The number of fused-ring (bicyclic) bond motifs is 2. The molecule has 0 spiro atoms. The van der Waals surface area contributed by atoms with Crippen molar-refractivity contribution in [1.29, 1.82) is 0 Å². The van der Waals surface area contributed by atoms with Crippen molar-refractivity contribution >= 4 is 40.5 Å². The molecule has 4 saturated heterocycles. The Bertz CT molecular complexity index is 2590. The molecular weight excluding hydrogens is 833 g/mol. The van der Waals surface area contributed by atoms with E-state index in [1.165, 1.54) is 18.4 Å². The molecule has 3 N–H and O–H groups in total. The maximum Gasteiger partial charge on any atom is 0.255 e. The van der Waals surface area contributed by atoms with Crippen LogP contribution in [0.25, 0.3) is 22.3 Å². The van der Waals surface area contributed by atoms with Gasteiger partial charge in [0.1, 0.15) is 28.6 Å². The molecule has 4 amide bonds. The molecule has 1 atom stereocenters. The number of ether oxygens (including phenoxy) is 1. The normalized spacial score (nSPS) is 20.6. The fourth-order valence-corrected chi connectivity index (χ4v) is 11.0. The van der Waals surface area contributed by atoms with E-state index in [1.807, 2.05) is 83.2 Å². The van der Waals surface area contributed by atoms with Gasteiger partial charge in [-0.25, -0.2) is 9.25 Å². The van der Waals surface area contributed by atoms with Crippen LogP contribution in [-0.4, -0.2) is 116 Å². The van der Waals surface area contributed by atoms with Crippen molar-refractivity contribution in [1.82, 2.24) is 39.7 Å². The quantitative estimate of drug-likeness (QED) is 0.119. The van der Waals surface area contributed by atoms with Crippen LogP contribution in [-0.2, 0) is 28.0 Å². The van der Waals surface area contributed by atoms with Gasteiger partial charge in [0.25, 0.3) is 5.91 Å². The number of rotatable bonds is 12. The first kappa shape index (κ1) is 43.7. The first-order valence-corrected chi connectivity index (χ1v) is 24.0. The molecule has 0 aliphatic carbocycles. The number of hydrogen-bond acceptors (Lipinski definition) is 10. The average molecular weight is 894 g/mol. The molecule has 4 fully saturated rings. The molecule has 0 bridgehead atoms. The van der Waals surface area contributed by atoms with Gasteiger partial charge in [0, 0.05) is 63.2 Å². The summed E-state index contributed by atoms with van der Waals surface area (Å²) in [7, 11) is 1.92. The predicted molar refractivity (Wildman–Crippen MR) is 249 cm³/mol. The molecule has 5 aromatic rings. The minimum atomic E-state index is -0.610. The van der Waals surface area contributed by atoms with E-state index < -0.39 is 11.9 Å². The van der Waals surface area contributed by atoms with Crippen LogP contribution in [0.1, 0.15) is 97.7 Å². The highest BCUT2D eigenvalue weighted by Crippen LogP contribution is 2.37. The Morgan fingerprint density at radius 1 is 0.848 bits per heavy atom. The molecule has 344 valence electrons. The lowest BCUT2D eigenvalue weighted by atomic mass is 9.87. The van der Waals surface area contributed by atoms with E-state index in [-0.39, 0.29) is 30.2 Å². The molecule has 15 heteroatoms. The second-order valence-electron chi connectivity index (χ2n) is 19.1. The second-order valence-corrected chi connectivity index (χ2v) is 19.1. The summed E-state index contributed by atoms with van der Waals surface area (Å²) in [5.41, 5.74) is 12.1. The van der Waals surface area contributed by atoms with Crippen LogP contribution in [0, 0.1) is 5.92 Å². The molecule has 0 radical (unpaired) electrons. The summed E-state index contributed by atoms with van der Waals surface area (Å²) in [5, 5.41) is 8.46. The number of para-hydroxylation sites is 1. The molecule has 2 aromatic heterocycles. The molecular formula is C51H61N10O5+. The number of nitrogens with two attached hydrogens (primary N) is 1. The fourth-order valence-electron chi connectivity index (χ4n) is 11.0. The van der Waals surface area contributed by atoms with Gasteiger partial charge >= 0.3 is 0 Å². The minimum Gasteiger partial charge on any atom is -0.457 e. The summed E-state index contributed by atoms with van der Waals surface area (Å²) < 4.78 is 10.0. The number of piperidine rings is 4. The molecule has 5 aliphatic rings. The van der Waals surface area contributed by atoms with Crippen molar-refractivity contribution in [3.05, 3.63) is 95.8 Å². The predicted octanol–water partition coefficient (Wildman–Crippen LogP) is 5.59. The second kappa shape index (κ2) is 19.0. The van der Waals surface area contributed by atoms with Gasteiger partial charge in [-0.3, -0.25) is 24.5 Å². The van der Waals surface area contributed by atoms with Crippen molar-refractivity contribution in [2.75, 3.05) is 58.1 Å². The van der Waals surface area contributed by atoms with Crippen molar-refractivity contribution in [3.63, 3.8) is 0 Å². The van der Waals surface area contributed by atoms with Gasteiger partial charge in [-0.1, -0.05) is 35.3 Å². The number of likely N-dealkylation sites (tertiary alicyclic amines) is 3. The average Bonchev–Trinajstić information content (AvgIpc) is 3.89. The van der Waals surface area contributed by atoms with Crippen molar-refractivity contribution < 1.29 is 28.5 Å². The van der Waals surface area contributed by atoms with Crippen LogP contribution in [0.3, 0.4) is 0 Å². The van der Waals surface area contributed by atoms with E-state index in [2.05, 4.69) is 25.9 Å². The summed E-state index contributed by atoms with van der Waals surface area (Å²) in [6.07, 6.45) is 10.1. The highest BCUT2D eigenvalue weighted by Gasteiger charge is 2.39. The van der Waals surface area contributed by atoms with Crippen LogP contribution >= 0.6 is 0 Å². The molecule has 0 saturated carbocycles. The van der Waals surface area contributed by atoms with E-state index in [9.17, 15) is 19.2 Å². The lowest BCUT2D eigenvalue weighted by molar-refractivity contribution is -0.658. The third-order valence-corrected chi connectivity index (χ3v) is 14.8. The van der Waals surface area contributed by atoms with Gasteiger partial charge < -0.3 is 30.1 Å². The number of nitrogen functional groups attached to an aromatic ring is 1. The van der Waals surface area contributed by atoms with Gasteiger partial charge in [0.05, 0.1) is 13.1 Å². The SMILES string of the molecule is C[n+]1cnc2c(c(-c3ccc(Oc4ccccc4)cc3)nn2C2CCN(CC3CCN(CCCC(=O)N4CCC(c5ccc6c(c5)CN(C5CCC(=O)NC5=O)C6=O)CC4)CC3)CC2)c1N. The Morgan fingerprint density at radius 2 is 1.58 bits per heavy atom. The number of aromatic nitrogens is 4. The number of imide groups is 1. The lowest BCUT2D eigenvalue weighted by Gasteiger charge is -2.37. The van der Waals surface area contributed by atoms with E-state index in [0.29, 0.717) is 42.6 Å². The molecule has 10 rings (SSSR count). The number of hydrogen-bond donors (Lipinski definition) is 2. The monoisotopic (exact) mass is 893 g/mol. The number of aryl methyl sites for hydroxylation is 1. The number of amides is 4. The standard InChI is InChI=1S/C51H60N10O5/c1-56-33-53-49-46(48(56)52)47(36-9-12-41(13-10-36)66-40-6-3-2-4-7-40)55-61(49)39-21-26-58(27-22-39)31-34-17-24-57(25-18-34)23-5-8-45(63)59-28-19-35(20-29-59)37-11-14-42-38(30-37)32-60(51(42)65)43-15-16-44(62)54-50(43)64/h2-4,6-7,9-14,30,33-35,39,43,52H,5,8,15-29,31-32H2,1H3,(H,54,62,64)/p+1. The Labute approximate surface area is 385 Å². The van der Waals surface area contributed by atoms with Crippen molar-refractivity contribution in [2.24, 2.45) is 13.0 Å². The van der Waals surface area contributed by atoms with Crippen LogP contribution in [0.4, 0.5) is 5.82 Å². The Balaban J connectivity index is 0.648. The first-order chi connectivity index (χ1) is 32.1. The number of benzene rings is 3. The third-order valence-electron chi connectivity index (χ3n) is 14.8. The fraction of sp³-hybridized carbons (Fsp3) is 0.471. The third kappa shape index (κ3) is 9.15. The number of anilines is 1. The number of carbonyl (C=O) groups excluding carboxylic acids is 4.